The standard InChI is InChI=1S/C11H14BrNO/c1-7(9(3)14)6-10-8(2)13-5-4-11(10)12/h4-6,9,14H,1-3H3/b7-6+. The van der Waals surface area contributed by atoms with Crippen molar-refractivity contribution in [2.24, 2.45) is 0 Å². The molecule has 0 bridgehead atoms. The van der Waals surface area contributed by atoms with Gasteiger partial charge < -0.3 is 5.11 Å². The zero-order valence-corrected chi connectivity index (χ0v) is 10.2. The molecule has 76 valence electrons. The van der Waals surface area contributed by atoms with Gasteiger partial charge >= 0.3 is 0 Å². The summed E-state index contributed by atoms with van der Waals surface area (Å²) in [7, 11) is 0. The summed E-state index contributed by atoms with van der Waals surface area (Å²) >= 11 is 3.46. The van der Waals surface area contributed by atoms with E-state index in [1.165, 1.54) is 0 Å². The van der Waals surface area contributed by atoms with Gasteiger partial charge in [0, 0.05) is 21.9 Å². The third-order valence-corrected chi connectivity index (χ3v) is 2.86. The molecule has 1 aromatic rings. The first-order valence-corrected chi connectivity index (χ1v) is 5.29. The number of aliphatic hydroxyl groups excluding tert-OH is 1. The van der Waals surface area contributed by atoms with Crippen LogP contribution in [0.5, 0.6) is 0 Å². The lowest BCUT2D eigenvalue weighted by atomic mass is 10.1. The summed E-state index contributed by atoms with van der Waals surface area (Å²) in [5.74, 6) is 0. The molecule has 1 rings (SSSR count). The van der Waals surface area contributed by atoms with E-state index in [0.717, 1.165) is 21.3 Å². The fraction of sp³-hybridized carbons (Fsp3) is 0.364. The van der Waals surface area contributed by atoms with Crippen molar-refractivity contribution in [3.8, 4) is 0 Å². The van der Waals surface area contributed by atoms with Crippen LogP contribution in [-0.4, -0.2) is 16.2 Å². The summed E-state index contributed by atoms with van der Waals surface area (Å²) in [5.41, 5.74) is 2.92. The Balaban J connectivity index is 3.14. The second kappa shape index (κ2) is 4.71. The van der Waals surface area contributed by atoms with Crippen molar-refractivity contribution in [2.75, 3.05) is 0 Å². The van der Waals surface area contributed by atoms with Gasteiger partial charge in [0.2, 0.25) is 0 Å². The average molecular weight is 256 g/mol. The van der Waals surface area contributed by atoms with Gasteiger partial charge in [-0.25, -0.2) is 0 Å². The van der Waals surface area contributed by atoms with E-state index in [0.29, 0.717) is 0 Å². The van der Waals surface area contributed by atoms with Crippen LogP contribution in [0.1, 0.15) is 25.1 Å². The van der Waals surface area contributed by atoms with Crippen molar-refractivity contribution < 1.29 is 5.11 Å². The molecule has 0 aliphatic carbocycles. The van der Waals surface area contributed by atoms with E-state index in [9.17, 15) is 5.11 Å². The molecule has 2 nitrogen and oxygen atoms in total. The molecule has 0 saturated heterocycles. The summed E-state index contributed by atoms with van der Waals surface area (Å²) in [5, 5.41) is 9.36. The van der Waals surface area contributed by atoms with Crippen molar-refractivity contribution >= 4 is 22.0 Å². The first-order valence-electron chi connectivity index (χ1n) is 4.49. The molecule has 0 radical (unpaired) electrons. The third-order valence-electron chi connectivity index (χ3n) is 2.17. The minimum Gasteiger partial charge on any atom is -0.389 e. The van der Waals surface area contributed by atoms with Crippen LogP contribution >= 0.6 is 15.9 Å². The Bertz CT molecular complexity index is 338. The zero-order chi connectivity index (χ0) is 10.7. The number of aliphatic hydroxyl groups is 1. The topological polar surface area (TPSA) is 33.1 Å². The van der Waals surface area contributed by atoms with Gasteiger partial charge in [0.15, 0.2) is 0 Å². The number of rotatable bonds is 2. The number of nitrogens with zero attached hydrogens (tertiary/aromatic N) is 1. The van der Waals surface area contributed by atoms with E-state index in [1.807, 2.05) is 26.0 Å². The summed E-state index contributed by atoms with van der Waals surface area (Å²) in [4.78, 5) is 4.20. The van der Waals surface area contributed by atoms with Gasteiger partial charge in [-0.3, -0.25) is 4.98 Å². The lowest BCUT2D eigenvalue weighted by molar-refractivity contribution is 0.232. The highest BCUT2D eigenvalue weighted by molar-refractivity contribution is 9.10. The highest BCUT2D eigenvalue weighted by atomic mass is 79.9. The smallest absolute Gasteiger partial charge is 0.0722 e. The predicted octanol–water partition coefficient (Wildman–Crippen LogP) is 2.94. The Morgan fingerprint density at radius 3 is 2.79 bits per heavy atom. The molecule has 1 atom stereocenters. The van der Waals surface area contributed by atoms with Crippen molar-refractivity contribution in [3.05, 3.63) is 33.6 Å². The molecule has 0 amide bonds. The maximum absolute atomic E-state index is 9.36. The molecule has 14 heavy (non-hydrogen) atoms. The Morgan fingerprint density at radius 2 is 2.29 bits per heavy atom. The van der Waals surface area contributed by atoms with E-state index in [1.54, 1.807) is 13.1 Å². The molecule has 3 heteroatoms. The summed E-state index contributed by atoms with van der Waals surface area (Å²) in [6, 6.07) is 1.90. The first kappa shape index (κ1) is 11.4. The number of halogens is 1. The molecular weight excluding hydrogens is 242 g/mol. The van der Waals surface area contributed by atoms with Gasteiger partial charge in [-0.1, -0.05) is 22.0 Å². The minimum atomic E-state index is -0.415. The monoisotopic (exact) mass is 255 g/mol. The fourth-order valence-electron chi connectivity index (χ4n) is 1.07. The highest BCUT2D eigenvalue weighted by Gasteiger charge is 2.04. The average Bonchev–Trinajstić information content (AvgIpc) is 2.11. The summed E-state index contributed by atoms with van der Waals surface area (Å²) < 4.78 is 1.00. The van der Waals surface area contributed by atoms with Gasteiger partial charge in [-0.2, -0.15) is 0 Å². The molecule has 0 aliphatic heterocycles. The second-order valence-electron chi connectivity index (χ2n) is 3.36. The van der Waals surface area contributed by atoms with Crippen molar-refractivity contribution in [2.45, 2.75) is 26.9 Å². The quantitative estimate of drug-likeness (QED) is 0.882. The predicted molar refractivity (Wildman–Crippen MR) is 62.0 cm³/mol. The van der Waals surface area contributed by atoms with Gasteiger partial charge in [0.1, 0.15) is 0 Å². The van der Waals surface area contributed by atoms with E-state index in [4.69, 9.17) is 0 Å². The van der Waals surface area contributed by atoms with Crippen molar-refractivity contribution in [1.82, 2.24) is 4.98 Å². The largest absolute Gasteiger partial charge is 0.389 e. The maximum atomic E-state index is 9.36. The molecule has 1 heterocycles. The molecule has 0 spiro atoms. The molecule has 0 aromatic carbocycles. The summed E-state index contributed by atoms with van der Waals surface area (Å²) in [6.45, 7) is 5.61. The van der Waals surface area contributed by atoms with Crippen LogP contribution in [-0.2, 0) is 0 Å². The Labute approximate surface area is 92.8 Å². The number of aryl methyl sites for hydroxylation is 1. The molecule has 0 aliphatic rings. The number of hydrogen-bond donors (Lipinski definition) is 1. The second-order valence-corrected chi connectivity index (χ2v) is 4.21. The molecule has 1 unspecified atom stereocenters. The van der Waals surface area contributed by atoms with Gasteiger partial charge in [0.05, 0.1) is 6.10 Å². The van der Waals surface area contributed by atoms with Crippen LogP contribution in [0.2, 0.25) is 0 Å². The Kier molecular flexibility index (Phi) is 3.84. The maximum Gasteiger partial charge on any atom is 0.0722 e. The van der Waals surface area contributed by atoms with Crippen LogP contribution in [0, 0.1) is 6.92 Å². The highest BCUT2D eigenvalue weighted by Crippen LogP contribution is 2.21. The van der Waals surface area contributed by atoms with E-state index >= 15 is 0 Å². The van der Waals surface area contributed by atoms with Gasteiger partial charge in [0.25, 0.3) is 0 Å². The molecular formula is C11H14BrNO. The third kappa shape index (κ3) is 2.66. The van der Waals surface area contributed by atoms with Gasteiger partial charge in [-0.05, 0) is 32.4 Å². The Hall–Kier alpha value is -0.670. The summed E-state index contributed by atoms with van der Waals surface area (Å²) in [6.07, 6.45) is 3.30. The van der Waals surface area contributed by atoms with Crippen molar-refractivity contribution in [3.63, 3.8) is 0 Å². The van der Waals surface area contributed by atoms with Crippen LogP contribution in [0.25, 0.3) is 6.08 Å². The van der Waals surface area contributed by atoms with Crippen LogP contribution in [0.3, 0.4) is 0 Å². The van der Waals surface area contributed by atoms with Crippen LogP contribution in [0.4, 0.5) is 0 Å². The van der Waals surface area contributed by atoms with Crippen LogP contribution in [0.15, 0.2) is 22.3 Å². The fourth-order valence-corrected chi connectivity index (χ4v) is 1.59. The number of aromatic nitrogens is 1. The normalized spacial score (nSPS) is 14.2. The van der Waals surface area contributed by atoms with Gasteiger partial charge in [-0.15, -0.1) is 0 Å². The number of pyridine rings is 1. The van der Waals surface area contributed by atoms with E-state index < -0.39 is 6.10 Å². The lowest BCUT2D eigenvalue weighted by Gasteiger charge is -2.07. The van der Waals surface area contributed by atoms with Crippen molar-refractivity contribution in [1.29, 1.82) is 0 Å². The zero-order valence-electron chi connectivity index (χ0n) is 8.58. The minimum absolute atomic E-state index is 0.415. The lowest BCUT2D eigenvalue weighted by Crippen LogP contribution is -2.01. The van der Waals surface area contributed by atoms with E-state index in [-0.39, 0.29) is 0 Å². The van der Waals surface area contributed by atoms with E-state index in [2.05, 4.69) is 20.9 Å². The molecule has 1 aromatic heterocycles. The molecule has 0 fully saturated rings. The van der Waals surface area contributed by atoms with Crippen LogP contribution < -0.4 is 0 Å². The Morgan fingerprint density at radius 1 is 1.64 bits per heavy atom. The number of hydrogen-bond acceptors (Lipinski definition) is 2. The molecule has 0 saturated carbocycles. The molecule has 1 N–H and O–H groups in total. The first-order chi connectivity index (χ1) is 6.52. The SMILES string of the molecule is C/C(=C\c1c(Br)ccnc1C)C(C)O.